The molecule has 4 heteroatoms. The van der Waals surface area contributed by atoms with Gasteiger partial charge in [-0.3, -0.25) is 4.79 Å². The lowest BCUT2D eigenvalue weighted by Gasteiger charge is -2.08. The third-order valence-corrected chi connectivity index (χ3v) is 3.92. The second kappa shape index (κ2) is 7.79. The molecule has 0 radical (unpaired) electrons. The monoisotopic (exact) mass is 326 g/mol. The first kappa shape index (κ1) is 17.8. The van der Waals surface area contributed by atoms with Gasteiger partial charge in [0.2, 0.25) is 0 Å². The quantitative estimate of drug-likeness (QED) is 0.642. The Bertz CT molecular complexity index is 775. The van der Waals surface area contributed by atoms with Gasteiger partial charge in [0.25, 0.3) is 0 Å². The summed E-state index contributed by atoms with van der Waals surface area (Å²) in [6, 6.07) is 8.96. The SMILES string of the molecule is COCc1ccc(/C=C/C(=O)c2cc(C)c(C)cc2O)cc1OC. The molecule has 0 saturated heterocycles. The van der Waals surface area contributed by atoms with Gasteiger partial charge in [0.1, 0.15) is 11.5 Å². The van der Waals surface area contributed by atoms with Gasteiger partial charge in [-0.25, -0.2) is 0 Å². The molecule has 0 aliphatic carbocycles. The molecule has 126 valence electrons. The molecule has 24 heavy (non-hydrogen) atoms. The Labute approximate surface area is 142 Å². The molecular weight excluding hydrogens is 304 g/mol. The fourth-order valence-electron chi connectivity index (χ4n) is 2.40. The summed E-state index contributed by atoms with van der Waals surface area (Å²) >= 11 is 0. The van der Waals surface area contributed by atoms with Gasteiger partial charge in [-0.15, -0.1) is 0 Å². The second-order valence-electron chi connectivity index (χ2n) is 5.66. The molecule has 1 N–H and O–H groups in total. The highest BCUT2D eigenvalue weighted by Gasteiger charge is 2.10. The zero-order valence-electron chi connectivity index (χ0n) is 14.4. The lowest BCUT2D eigenvalue weighted by Crippen LogP contribution is -1.97. The first-order valence-electron chi connectivity index (χ1n) is 7.64. The van der Waals surface area contributed by atoms with Crippen LogP contribution < -0.4 is 4.74 Å². The van der Waals surface area contributed by atoms with E-state index in [1.165, 1.54) is 6.08 Å². The Morgan fingerprint density at radius 2 is 1.83 bits per heavy atom. The molecule has 0 atom stereocenters. The van der Waals surface area contributed by atoms with Gasteiger partial charge in [0, 0.05) is 12.7 Å². The van der Waals surface area contributed by atoms with E-state index in [-0.39, 0.29) is 11.5 Å². The van der Waals surface area contributed by atoms with Crippen LogP contribution in [0, 0.1) is 13.8 Å². The highest BCUT2D eigenvalue weighted by atomic mass is 16.5. The summed E-state index contributed by atoms with van der Waals surface area (Å²) in [5.41, 5.74) is 4.00. The second-order valence-corrected chi connectivity index (χ2v) is 5.66. The molecule has 0 aliphatic rings. The molecule has 2 aromatic carbocycles. The number of aryl methyl sites for hydroxylation is 2. The molecule has 0 fully saturated rings. The van der Waals surface area contributed by atoms with Crippen molar-refractivity contribution < 1.29 is 19.4 Å². The molecule has 0 bridgehead atoms. The molecular formula is C20H22O4. The highest BCUT2D eigenvalue weighted by Crippen LogP contribution is 2.24. The number of carbonyl (C=O) groups is 1. The van der Waals surface area contributed by atoms with E-state index < -0.39 is 0 Å². The zero-order chi connectivity index (χ0) is 17.7. The van der Waals surface area contributed by atoms with E-state index in [1.54, 1.807) is 32.4 Å². The Hall–Kier alpha value is -2.59. The van der Waals surface area contributed by atoms with Crippen LogP contribution in [0.3, 0.4) is 0 Å². The summed E-state index contributed by atoms with van der Waals surface area (Å²) in [5.74, 6) is 0.469. The summed E-state index contributed by atoms with van der Waals surface area (Å²) in [6.45, 7) is 4.27. The van der Waals surface area contributed by atoms with Crippen molar-refractivity contribution in [2.75, 3.05) is 14.2 Å². The Balaban J connectivity index is 2.24. The number of allylic oxidation sites excluding steroid dienone is 1. The summed E-state index contributed by atoms with van der Waals surface area (Å²) in [4.78, 5) is 12.3. The number of ether oxygens (including phenoxy) is 2. The van der Waals surface area contributed by atoms with Crippen molar-refractivity contribution in [3.05, 3.63) is 64.2 Å². The zero-order valence-corrected chi connectivity index (χ0v) is 14.4. The van der Waals surface area contributed by atoms with Crippen LogP contribution in [0.4, 0.5) is 0 Å². The van der Waals surface area contributed by atoms with Gasteiger partial charge in [-0.2, -0.15) is 0 Å². The fourth-order valence-corrected chi connectivity index (χ4v) is 2.40. The number of carbonyl (C=O) groups excluding carboxylic acids is 1. The average Bonchev–Trinajstić information content (AvgIpc) is 2.57. The van der Waals surface area contributed by atoms with Gasteiger partial charge in [-0.05, 0) is 54.8 Å². The smallest absolute Gasteiger partial charge is 0.189 e. The molecule has 4 nitrogen and oxygen atoms in total. The van der Waals surface area contributed by atoms with Crippen LogP contribution >= 0.6 is 0 Å². The maximum absolute atomic E-state index is 12.3. The number of aromatic hydroxyl groups is 1. The standard InChI is InChI=1S/C20H22O4/c1-13-9-17(19(22)10-14(13)2)18(21)8-6-15-5-7-16(12-23-3)20(11-15)24-4/h5-11,22H,12H2,1-4H3/b8-6+. The van der Waals surface area contributed by atoms with Crippen molar-refractivity contribution >= 4 is 11.9 Å². The maximum Gasteiger partial charge on any atom is 0.189 e. The van der Waals surface area contributed by atoms with Crippen molar-refractivity contribution in [3.63, 3.8) is 0 Å². The lowest BCUT2D eigenvalue weighted by molar-refractivity contribution is 0.104. The average molecular weight is 326 g/mol. The summed E-state index contributed by atoms with van der Waals surface area (Å²) in [7, 11) is 3.22. The summed E-state index contributed by atoms with van der Waals surface area (Å²) < 4.78 is 10.5. The van der Waals surface area contributed by atoms with E-state index >= 15 is 0 Å². The van der Waals surface area contributed by atoms with Crippen molar-refractivity contribution in [1.29, 1.82) is 0 Å². The molecule has 0 spiro atoms. The van der Waals surface area contributed by atoms with E-state index in [0.717, 1.165) is 22.3 Å². The summed E-state index contributed by atoms with van der Waals surface area (Å²) in [6.07, 6.45) is 3.16. The summed E-state index contributed by atoms with van der Waals surface area (Å²) in [5, 5.41) is 9.97. The number of rotatable bonds is 6. The number of ketones is 1. The number of methoxy groups -OCH3 is 2. The maximum atomic E-state index is 12.3. The van der Waals surface area contributed by atoms with Gasteiger partial charge in [0.05, 0.1) is 19.3 Å². The van der Waals surface area contributed by atoms with Crippen LogP contribution in [0.2, 0.25) is 0 Å². The van der Waals surface area contributed by atoms with Crippen LogP contribution in [0.15, 0.2) is 36.4 Å². The van der Waals surface area contributed by atoms with Gasteiger partial charge in [0.15, 0.2) is 5.78 Å². The minimum atomic E-state index is -0.240. The molecule has 2 rings (SSSR count). The molecule has 0 heterocycles. The Morgan fingerprint density at radius 3 is 2.50 bits per heavy atom. The molecule has 0 aliphatic heterocycles. The fraction of sp³-hybridized carbons (Fsp3) is 0.250. The van der Waals surface area contributed by atoms with E-state index in [1.807, 2.05) is 32.0 Å². The number of phenolic OH excluding ortho intramolecular Hbond substituents is 1. The first-order chi connectivity index (χ1) is 11.5. The number of phenols is 1. The van der Waals surface area contributed by atoms with Crippen LogP contribution in [0.25, 0.3) is 6.08 Å². The van der Waals surface area contributed by atoms with E-state index in [4.69, 9.17) is 9.47 Å². The van der Waals surface area contributed by atoms with Crippen molar-refractivity contribution in [3.8, 4) is 11.5 Å². The lowest BCUT2D eigenvalue weighted by atomic mass is 10.0. The van der Waals surface area contributed by atoms with Crippen molar-refractivity contribution in [2.24, 2.45) is 0 Å². The van der Waals surface area contributed by atoms with E-state index in [2.05, 4.69) is 0 Å². The van der Waals surface area contributed by atoms with Crippen LogP contribution in [-0.2, 0) is 11.3 Å². The van der Waals surface area contributed by atoms with Crippen LogP contribution in [0.1, 0.15) is 32.6 Å². The predicted molar refractivity (Wildman–Crippen MR) is 94.7 cm³/mol. The van der Waals surface area contributed by atoms with Crippen LogP contribution in [0.5, 0.6) is 11.5 Å². The molecule has 0 unspecified atom stereocenters. The number of benzene rings is 2. The predicted octanol–water partition coefficient (Wildman–Crippen LogP) is 4.06. The molecule has 0 amide bonds. The highest BCUT2D eigenvalue weighted by molar-refractivity contribution is 6.08. The minimum Gasteiger partial charge on any atom is -0.507 e. The molecule has 0 saturated carbocycles. The van der Waals surface area contributed by atoms with Crippen molar-refractivity contribution in [1.82, 2.24) is 0 Å². The first-order valence-corrected chi connectivity index (χ1v) is 7.64. The van der Waals surface area contributed by atoms with E-state index in [9.17, 15) is 9.90 Å². The Kier molecular flexibility index (Phi) is 5.77. The third-order valence-electron chi connectivity index (χ3n) is 3.92. The minimum absolute atomic E-state index is 0.000716. The van der Waals surface area contributed by atoms with Crippen molar-refractivity contribution in [2.45, 2.75) is 20.5 Å². The van der Waals surface area contributed by atoms with Gasteiger partial charge >= 0.3 is 0 Å². The number of hydrogen-bond donors (Lipinski definition) is 1. The van der Waals surface area contributed by atoms with Crippen LogP contribution in [-0.4, -0.2) is 25.1 Å². The topological polar surface area (TPSA) is 55.8 Å². The number of hydrogen-bond acceptors (Lipinski definition) is 4. The third kappa shape index (κ3) is 4.03. The Morgan fingerprint density at radius 1 is 1.12 bits per heavy atom. The largest absolute Gasteiger partial charge is 0.507 e. The molecule has 0 aromatic heterocycles. The van der Waals surface area contributed by atoms with E-state index in [0.29, 0.717) is 17.9 Å². The van der Waals surface area contributed by atoms with Gasteiger partial charge < -0.3 is 14.6 Å². The molecule has 2 aromatic rings. The normalized spacial score (nSPS) is 11.0. The van der Waals surface area contributed by atoms with Gasteiger partial charge in [-0.1, -0.05) is 18.2 Å².